The predicted octanol–water partition coefficient (Wildman–Crippen LogP) is 3.18. The van der Waals surface area contributed by atoms with Crippen LogP contribution in [0.4, 0.5) is 13.2 Å². The van der Waals surface area contributed by atoms with Crippen LogP contribution < -0.4 is 10.5 Å². The van der Waals surface area contributed by atoms with Crippen LogP contribution in [0.5, 0.6) is 5.75 Å². The molecule has 0 aliphatic carbocycles. The molecule has 0 saturated heterocycles. The summed E-state index contributed by atoms with van der Waals surface area (Å²) in [4.78, 5) is 7.58. The Labute approximate surface area is 123 Å². The molecule has 4 nitrogen and oxygen atoms in total. The summed E-state index contributed by atoms with van der Waals surface area (Å²) in [6.45, 7) is 0.0295. The first-order valence-electron chi connectivity index (χ1n) is 5.87. The lowest BCUT2D eigenvalue weighted by atomic mass is 10.1. The van der Waals surface area contributed by atoms with E-state index in [0.717, 1.165) is 17.8 Å². The molecular formula is C13H12F3N3OS. The van der Waals surface area contributed by atoms with Gasteiger partial charge in [0.25, 0.3) is 0 Å². The lowest BCUT2D eigenvalue weighted by molar-refractivity contribution is -0.141. The first-order chi connectivity index (χ1) is 9.94. The van der Waals surface area contributed by atoms with E-state index in [9.17, 15) is 13.2 Å². The summed E-state index contributed by atoms with van der Waals surface area (Å²) in [5.41, 5.74) is 5.04. The van der Waals surface area contributed by atoms with Crippen molar-refractivity contribution in [2.45, 2.75) is 11.3 Å². The Hall–Kier alpha value is -1.80. The van der Waals surface area contributed by atoms with E-state index in [1.54, 1.807) is 30.5 Å². The average molecular weight is 315 g/mol. The number of ether oxygens (including phenoxy) is 1. The summed E-state index contributed by atoms with van der Waals surface area (Å²) >= 11 is 1.06. The van der Waals surface area contributed by atoms with Crippen LogP contribution in [0.1, 0.15) is 5.69 Å². The molecular weight excluding hydrogens is 303 g/mol. The minimum atomic E-state index is -4.51. The molecule has 0 radical (unpaired) electrons. The Morgan fingerprint density at radius 3 is 2.38 bits per heavy atom. The van der Waals surface area contributed by atoms with E-state index in [4.69, 9.17) is 10.5 Å². The van der Waals surface area contributed by atoms with Crippen LogP contribution in [0, 0.1) is 0 Å². The summed E-state index contributed by atoms with van der Waals surface area (Å²) in [5, 5.41) is 0.0714. The zero-order chi connectivity index (χ0) is 15.5. The van der Waals surface area contributed by atoms with Crippen LogP contribution >= 0.6 is 11.8 Å². The fraction of sp³-hybridized carbons (Fsp3) is 0.231. The van der Waals surface area contributed by atoms with Crippen LogP contribution in [-0.2, 0) is 6.18 Å². The molecule has 112 valence electrons. The van der Waals surface area contributed by atoms with Gasteiger partial charge in [0.1, 0.15) is 18.2 Å². The monoisotopic (exact) mass is 315 g/mol. The van der Waals surface area contributed by atoms with Crippen molar-refractivity contribution >= 4 is 11.8 Å². The van der Waals surface area contributed by atoms with Crippen molar-refractivity contribution in [2.75, 3.05) is 13.0 Å². The molecule has 0 aliphatic rings. The molecule has 1 aromatic heterocycles. The molecule has 0 bridgehead atoms. The molecule has 0 saturated carbocycles. The maximum absolute atomic E-state index is 12.8. The van der Waals surface area contributed by atoms with Gasteiger partial charge in [-0.05, 0) is 36.6 Å². The summed E-state index contributed by atoms with van der Waals surface area (Å²) in [6.07, 6.45) is -2.89. The molecule has 0 fully saturated rings. The number of rotatable bonds is 4. The number of nitrogens with two attached hydrogens (primary N) is 1. The maximum atomic E-state index is 12.8. The van der Waals surface area contributed by atoms with Gasteiger partial charge in [-0.3, -0.25) is 5.73 Å². The Balaban J connectivity index is 2.42. The summed E-state index contributed by atoms with van der Waals surface area (Å²) in [7, 11) is 0. The van der Waals surface area contributed by atoms with Gasteiger partial charge in [0.2, 0.25) is 0 Å². The quantitative estimate of drug-likeness (QED) is 0.533. The Morgan fingerprint density at radius 2 is 1.86 bits per heavy atom. The lowest BCUT2D eigenvalue weighted by Gasteiger charge is -2.10. The maximum Gasteiger partial charge on any atom is 0.433 e. The van der Waals surface area contributed by atoms with Crippen molar-refractivity contribution in [3.8, 4) is 17.0 Å². The van der Waals surface area contributed by atoms with Gasteiger partial charge in [-0.1, -0.05) is 11.8 Å². The van der Waals surface area contributed by atoms with Crippen LogP contribution in [0.3, 0.4) is 0 Å². The smallest absolute Gasteiger partial charge is 0.433 e. The molecule has 8 heteroatoms. The highest BCUT2D eigenvalue weighted by atomic mass is 32.2. The molecule has 2 aromatic rings. The van der Waals surface area contributed by atoms with Gasteiger partial charge in [0.15, 0.2) is 5.16 Å². The molecule has 0 aliphatic heterocycles. The van der Waals surface area contributed by atoms with E-state index in [2.05, 4.69) is 9.97 Å². The van der Waals surface area contributed by atoms with E-state index in [1.165, 1.54) is 0 Å². The molecule has 0 spiro atoms. The van der Waals surface area contributed by atoms with Gasteiger partial charge >= 0.3 is 6.18 Å². The standard InChI is InChI=1S/C13H12F3N3OS/c1-21-12-18-10(6-11(19-12)13(14,15)16)8-2-4-9(5-3-8)20-7-17/h2-6H,7,17H2,1H3. The number of benzene rings is 1. The number of hydrogen-bond donors (Lipinski definition) is 1. The molecule has 0 unspecified atom stereocenters. The SMILES string of the molecule is CSc1nc(-c2ccc(OCN)cc2)cc(C(F)(F)F)n1. The van der Waals surface area contributed by atoms with Crippen molar-refractivity contribution in [3.05, 3.63) is 36.0 Å². The van der Waals surface area contributed by atoms with Crippen molar-refractivity contribution in [1.82, 2.24) is 9.97 Å². The fourth-order valence-electron chi connectivity index (χ4n) is 1.63. The van der Waals surface area contributed by atoms with E-state index in [1.807, 2.05) is 0 Å². The number of aromatic nitrogens is 2. The van der Waals surface area contributed by atoms with E-state index < -0.39 is 11.9 Å². The van der Waals surface area contributed by atoms with Gasteiger partial charge in [-0.2, -0.15) is 13.2 Å². The largest absolute Gasteiger partial charge is 0.479 e. The highest BCUT2D eigenvalue weighted by Gasteiger charge is 2.33. The molecule has 2 rings (SSSR count). The zero-order valence-electron chi connectivity index (χ0n) is 11.0. The molecule has 21 heavy (non-hydrogen) atoms. The summed E-state index contributed by atoms with van der Waals surface area (Å²) in [6, 6.07) is 7.42. The normalized spacial score (nSPS) is 11.5. The Morgan fingerprint density at radius 1 is 1.19 bits per heavy atom. The molecule has 1 aromatic carbocycles. The van der Waals surface area contributed by atoms with Gasteiger partial charge in [-0.25, -0.2) is 9.97 Å². The number of hydrogen-bond acceptors (Lipinski definition) is 5. The van der Waals surface area contributed by atoms with Crippen LogP contribution in [0.25, 0.3) is 11.3 Å². The summed E-state index contributed by atoms with van der Waals surface area (Å²) in [5.74, 6) is 0.538. The average Bonchev–Trinajstić information content (AvgIpc) is 2.47. The van der Waals surface area contributed by atoms with E-state index >= 15 is 0 Å². The zero-order valence-corrected chi connectivity index (χ0v) is 11.8. The van der Waals surface area contributed by atoms with Gasteiger partial charge in [0, 0.05) is 5.56 Å². The topological polar surface area (TPSA) is 61.0 Å². The first kappa shape index (κ1) is 15.6. The highest BCUT2D eigenvalue weighted by Crippen LogP contribution is 2.32. The fourth-order valence-corrected chi connectivity index (χ4v) is 2.01. The van der Waals surface area contributed by atoms with Crippen LogP contribution in [-0.4, -0.2) is 23.0 Å². The molecule has 0 amide bonds. The minimum Gasteiger partial charge on any atom is -0.479 e. The second-order valence-corrected chi connectivity index (χ2v) is 4.73. The van der Waals surface area contributed by atoms with Gasteiger partial charge in [0.05, 0.1) is 5.69 Å². The van der Waals surface area contributed by atoms with Crippen LogP contribution in [0.15, 0.2) is 35.5 Å². The first-order valence-corrected chi connectivity index (χ1v) is 7.10. The number of nitrogens with zero attached hydrogens (tertiary/aromatic N) is 2. The van der Waals surface area contributed by atoms with Crippen molar-refractivity contribution in [3.63, 3.8) is 0 Å². The third-order valence-electron chi connectivity index (χ3n) is 2.58. The lowest BCUT2D eigenvalue weighted by Crippen LogP contribution is -2.10. The van der Waals surface area contributed by atoms with Gasteiger partial charge < -0.3 is 4.74 Å². The Bertz CT molecular complexity index is 617. The Kier molecular flexibility index (Phi) is 4.69. The molecule has 0 atom stereocenters. The van der Waals surface area contributed by atoms with E-state index in [0.29, 0.717) is 11.3 Å². The van der Waals surface area contributed by atoms with Crippen molar-refractivity contribution < 1.29 is 17.9 Å². The van der Waals surface area contributed by atoms with Crippen molar-refractivity contribution in [2.24, 2.45) is 5.73 Å². The molecule has 2 N–H and O–H groups in total. The number of thioether (sulfide) groups is 1. The number of alkyl halides is 3. The highest BCUT2D eigenvalue weighted by molar-refractivity contribution is 7.98. The van der Waals surface area contributed by atoms with Crippen molar-refractivity contribution in [1.29, 1.82) is 0 Å². The van der Waals surface area contributed by atoms with Gasteiger partial charge in [-0.15, -0.1) is 0 Å². The van der Waals surface area contributed by atoms with Crippen LogP contribution in [0.2, 0.25) is 0 Å². The second kappa shape index (κ2) is 6.31. The summed E-state index contributed by atoms with van der Waals surface area (Å²) < 4.78 is 43.6. The third-order valence-corrected chi connectivity index (χ3v) is 3.13. The second-order valence-electron chi connectivity index (χ2n) is 3.96. The molecule has 1 heterocycles. The minimum absolute atomic E-state index is 0.0295. The number of halogens is 3. The van der Waals surface area contributed by atoms with E-state index in [-0.39, 0.29) is 17.6 Å². The predicted molar refractivity (Wildman–Crippen MR) is 73.9 cm³/mol. The third kappa shape index (κ3) is 3.85.